The summed E-state index contributed by atoms with van der Waals surface area (Å²) in [7, 11) is 3.39. The molecule has 0 saturated carbocycles. The molecule has 1 unspecified atom stereocenters. The van der Waals surface area contributed by atoms with Crippen molar-refractivity contribution in [3.05, 3.63) is 41.5 Å². The summed E-state index contributed by atoms with van der Waals surface area (Å²) in [5, 5.41) is 0. The van der Waals surface area contributed by atoms with Gasteiger partial charge in [0.25, 0.3) is 0 Å². The monoisotopic (exact) mass is 274 g/mol. The summed E-state index contributed by atoms with van der Waals surface area (Å²) in [5.74, 6) is 0.271. The van der Waals surface area contributed by atoms with Crippen molar-refractivity contribution in [1.29, 1.82) is 0 Å². The van der Waals surface area contributed by atoms with Gasteiger partial charge in [0.2, 0.25) is 0 Å². The third kappa shape index (κ3) is 2.27. The third-order valence-corrected chi connectivity index (χ3v) is 3.72. The Morgan fingerprint density at radius 2 is 2.05 bits per heavy atom. The standard InChI is InChI=1S/C16H20NO3/c1-6-10(2)15(18)12-7-8-13-11(3)16(19)17(4,5)20-14(13)9-12/h7-9,11H,2,6H2,1,3-5H3/q+1. The first kappa shape index (κ1) is 14.5. The largest absolute Gasteiger partial charge is 0.361 e. The molecule has 0 aromatic heterocycles. The zero-order valence-corrected chi connectivity index (χ0v) is 12.4. The van der Waals surface area contributed by atoms with E-state index in [0.717, 1.165) is 5.56 Å². The molecule has 0 fully saturated rings. The first-order valence-corrected chi connectivity index (χ1v) is 6.72. The second-order valence-corrected chi connectivity index (χ2v) is 5.54. The van der Waals surface area contributed by atoms with Crippen molar-refractivity contribution in [2.45, 2.75) is 26.2 Å². The van der Waals surface area contributed by atoms with Crippen molar-refractivity contribution in [2.24, 2.45) is 0 Å². The van der Waals surface area contributed by atoms with Crippen molar-refractivity contribution >= 4 is 11.7 Å². The molecule has 1 heterocycles. The van der Waals surface area contributed by atoms with Crippen molar-refractivity contribution < 1.29 is 19.1 Å². The smallest absolute Gasteiger partial charge is 0.308 e. The minimum Gasteiger partial charge on any atom is -0.308 e. The van der Waals surface area contributed by atoms with Gasteiger partial charge in [0.05, 0.1) is 0 Å². The van der Waals surface area contributed by atoms with Crippen LogP contribution in [0.5, 0.6) is 5.75 Å². The van der Waals surface area contributed by atoms with Crippen LogP contribution in [0.4, 0.5) is 0 Å². The van der Waals surface area contributed by atoms with E-state index in [0.29, 0.717) is 23.3 Å². The van der Waals surface area contributed by atoms with Crippen molar-refractivity contribution in [3.8, 4) is 5.75 Å². The van der Waals surface area contributed by atoms with Crippen LogP contribution in [0.2, 0.25) is 0 Å². The van der Waals surface area contributed by atoms with Crippen LogP contribution < -0.4 is 4.84 Å². The lowest BCUT2D eigenvalue weighted by atomic mass is 9.94. The van der Waals surface area contributed by atoms with Gasteiger partial charge < -0.3 is 4.84 Å². The van der Waals surface area contributed by atoms with Gasteiger partial charge in [-0.2, -0.15) is 0 Å². The van der Waals surface area contributed by atoms with E-state index in [1.54, 1.807) is 32.3 Å². The lowest BCUT2D eigenvalue weighted by molar-refractivity contribution is -0.984. The maximum atomic E-state index is 12.1. The first-order valence-electron chi connectivity index (χ1n) is 6.72. The molecule has 0 bridgehead atoms. The fraction of sp³-hybridized carbons (Fsp3) is 0.375. The number of rotatable bonds is 3. The van der Waals surface area contributed by atoms with Gasteiger partial charge in [-0.05, 0) is 25.0 Å². The lowest BCUT2D eigenvalue weighted by Crippen LogP contribution is -2.53. The number of amides is 1. The van der Waals surface area contributed by atoms with E-state index in [2.05, 4.69) is 6.58 Å². The van der Waals surface area contributed by atoms with E-state index in [9.17, 15) is 9.59 Å². The summed E-state index contributed by atoms with van der Waals surface area (Å²) in [6, 6.07) is 5.25. The Balaban J connectivity index is 2.45. The second kappa shape index (κ2) is 4.87. The van der Waals surface area contributed by atoms with Crippen molar-refractivity contribution in [3.63, 3.8) is 0 Å². The lowest BCUT2D eigenvalue weighted by Gasteiger charge is -2.33. The maximum absolute atomic E-state index is 12.1. The molecule has 4 nitrogen and oxygen atoms in total. The van der Waals surface area contributed by atoms with Crippen LogP contribution in [-0.2, 0) is 4.79 Å². The molecule has 20 heavy (non-hydrogen) atoms. The Bertz CT molecular complexity index is 602. The van der Waals surface area contributed by atoms with Crippen molar-refractivity contribution in [2.75, 3.05) is 14.1 Å². The fourth-order valence-electron chi connectivity index (χ4n) is 2.37. The number of hydrogen-bond donors (Lipinski definition) is 0. The van der Waals surface area contributed by atoms with E-state index in [1.807, 2.05) is 13.8 Å². The Hall–Kier alpha value is -1.94. The molecule has 1 aliphatic heterocycles. The van der Waals surface area contributed by atoms with Crippen molar-refractivity contribution in [1.82, 2.24) is 0 Å². The first-order chi connectivity index (χ1) is 9.27. The molecule has 2 rings (SSSR count). The fourth-order valence-corrected chi connectivity index (χ4v) is 2.37. The highest BCUT2D eigenvalue weighted by Gasteiger charge is 2.42. The minimum atomic E-state index is -0.243. The predicted molar refractivity (Wildman–Crippen MR) is 76.4 cm³/mol. The van der Waals surface area contributed by atoms with Crippen LogP contribution >= 0.6 is 0 Å². The molecular weight excluding hydrogens is 254 g/mol. The van der Waals surface area contributed by atoms with Crippen LogP contribution in [0.3, 0.4) is 0 Å². The molecule has 106 valence electrons. The Morgan fingerprint density at radius 1 is 1.40 bits per heavy atom. The van der Waals surface area contributed by atoms with E-state index in [4.69, 9.17) is 4.84 Å². The number of nitrogens with zero attached hydrogens (tertiary/aromatic N) is 1. The minimum absolute atomic E-state index is 0.00505. The van der Waals surface area contributed by atoms with Crippen LogP contribution in [0.1, 0.15) is 42.1 Å². The SMILES string of the molecule is C=C(CC)C(=O)c1ccc2c(c1)O[N+](C)(C)C(=O)C2C. The number of allylic oxidation sites excluding steroid dienone is 1. The number of quaternary nitrogens is 1. The highest BCUT2D eigenvalue weighted by Crippen LogP contribution is 2.36. The molecule has 0 N–H and O–H groups in total. The topological polar surface area (TPSA) is 43.4 Å². The van der Waals surface area contributed by atoms with Gasteiger partial charge in [-0.15, -0.1) is 0 Å². The average Bonchev–Trinajstić information content (AvgIpc) is 2.42. The molecule has 1 atom stereocenters. The molecule has 1 amide bonds. The number of carbonyl (C=O) groups excluding carboxylic acids is 2. The molecule has 1 aromatic rings. The van der Waals surface area contributed by atoms with Gasteiger partial charge in [-0.25, -0.2) is 4.79 Å². The molecule has 0 spiro atoms. The molecule has 4 heteroatoms. The maximum Gasteiger partial charge on any atom is 0.361 e. The number of fused-ring (bicyclic) bond motifs is 1. The molecule has 0 saturated heterocycles. The zero-order valence-electron chi connectivity index (χ0n) is 12.4. The van der Waals surface area contributed by atoms with Gasteiger partial charge in [0.15, 0.2) is 11.5 Å². The second-order valence-electron chi connectivity index (χ2n) is 5.54. The van der Waals surface area contributed by atoms with Crippen LogP contribution in [0.25, 0.3) is 0 Å². The van der Waals surface area contributed by atoms with E-state index in [-0.39, 0.29) is 22.3 Å². The van der Waals surface area contributed by atoms with Gasteiger partial charge in [-0.1, -0.05) is 30.3 Å². The molecular formula is C16H20NO3+. The van der Waals surface area contributed by atoms with Gasteiger partial charge in [-0.3, -0.25) is 4.79 Å². The summed E-state index contributed by atoms with van der Waals surface area (Å²) >= 11 is 0. The molecule has 0 radical (unpaired) electrons. The number of ketones is 1. The van der Waals surface area contributed by atoms with Gasteiger partial charge >= 0.3 is 5.91 Å². The number of hydrogen-bond acceptors (Lipinski definition) is 3. The summed E-state index contributed by atoms with van der Waals surface area (Å²) in [6.07, 6.45) is 0.618. The highest BCUT2D eigenvalue weighted by molar-refractivity contribution is 6.08. The van der Waals surface area contributed by atoms with Crippen LogP contribution in [-0.4, -0.2) is 30.4 Å². The summed E-state index contributed by atoms with van der Waals surface area (Å²) in [6.45, 7) is 7.52. The number of hydroxylamine groups is 3. The summed E-state index contributed by atoms with van der Waals surface area (Å²) in [4.78, 5) is 30.0. The van der Waals surface area contributed by atoms with E-state index >= 15 is 0 Å². The molecule has 0 aliphatic carbocycles. The number of likely N-dealkylation sites (N-methyl/N-ethyl adjacent to an activating group) is 1. The zero-order chi connectivity index (χ0) is 15.1. The van der Waals surface area contributed by atoms with E-state index < -0.39 is 0 Å². The van der Waals surface area contributed by atoms with Crippen LogP contribution in [0.15, 0.2) is 30.4 Å². The van der Waals surface area contributed by atoms with Gasteiger partial charge in [0, 0.05) is 11.1 Å². The molecule has 1 aliphatic rings. The summed E-state index contributed by atoms with van der Waals surface area (Å²) in [5.41, 5.74) is 1.95. The number of benzene rings is 1. The van der Waals surface area contributed by atoms with Crippen LogP contribution in [0, 0.1) is 0 Å². The number of Topliss-reactive ketones (excluding diaryl/α,β-unsaturated/α-hetero) is 1. The third-order valence-electron chi connectivity index (χ3n) is 3.72. The quantitative estimate of drug-likeness (QED) is 0.483. The predicted octanol–water partition coefficient (Wildman–Crippen LogP) is 2.85. The number of carbonyl (C=O) groups is 2. The summed E-state index contributed by atoms with van der Waals surface area (Å²) < 4.78 is -0.166. The Morgan fingerprint density at radius 3 is 2.65 bits per heavy atom. The van der Waals surface area contributed by atoms with E-state index in [1.165, 1.54) is 0 Å². The Labute approximate surface area is 119 Å². The highest BCUT2D eigenvalue weighted by atomic mass is 16.7. The van der Waals surface area contributed by atoms with Gasteiger partial charge in [0.1, 0.15) is 20.0 Å². The molecule has 1 aromatic carbocycles. The Kier molecular flexibility index (Phi) is 3.52. The normalized spacial score (nSPS) is 20.0. The average molecular weight is 274 g/mol.